The second-order valence-corrected chi connectivity index (χ2v) is 4.85. The van der Waals surface area contributed by atoms with Crippen molar-refractivity contribution in [3.05, 3.63) is 35.9 Å². The molecule has 2 rings (SSSR count). The number of piperazine rings is 1. The van der Waals surface area contributed by atoms with Gasteiger partial charge in [0.15, 0.2) is 0 Å². The zero-order chi connectivity index (χ0) is 14.5. The Balaban J connectivity index is 1.95. The van der Waals surface area contributed by atoms with Gasteiger partial charge in [-0.3, -0.25) is 4.90 Å². The van der Waals surface area contributed by atoms with Gasteiger partial charge in [0.05, 0.1) is 0 Å². The quantitative estimate of drug-likeness (QED) is 0.894. The summed E-state index contributed by atoms with van der Waals surface area (Å²) in [6.45, 7) is 1.47. The maximum absolute atomic E-state index is 12.0. The van der Waals surface area contributed by atoms with E-state index in [1.54, 1.807) is 0 Å². The van der Waals surface area contributed by atoms with E-state index < -0.39 is 18.1 Å². The van der Waals surface area contributed by atoms with E-state index in [9.17, 15) is 14.7 Å². The van der Waals surface area contributed by atoms with Crippen LogP contribution in [0.3, 0.4) is 0 Å². The minimum absolute atomic E-state index is 0.151. The molecule has 1 fully saturated rings. The number of carbonyl (C=O) groups is 2. The van der Waals surface area contributed by atoms with Crippen LogP contribution in [0.15, 0.2) is 30.3 Å². The number of hydrogen-bond acceptors (Lipinski definition) is 4. The van der Waals surface area contributed by atoms with Crippen molar-refractivity contribution < 1.29 is 19.4 Å². The number of aliphatic carboxylic acids is 1. The highest BCUT2D eigenvalue weighted by Gasteiger charge is 2.35. The number of carboxylic acid groups (broad SMARTS) is 1. The van der Waals surface area contributed by atoms with Crippen LogP contribution in [0, 0.1) is 0 Å². The van der Waals surface area contributed by atoms with E-state index in [-0.39, 0.29) is 6.61 Å². The molecule has 1 atom stereocenters. The topological polar surface area (TPSA) is 70.1 Å². The lowest BCUT2D eigenvalue weighted by atomic mass is 10.2. The Hall–Kier alpha value is -2.08. The second kappa shape index (κ2) is 6.38. The Morgan fingerprint density at radius 2 is 2.00 bits per heavy atom. The van der Waals surface area contributed by atoms with Gasteiger partial charge in [0.1, 0.15) is 12.6 Å². The van der Waals surface area contributed by atoms with Crippen LogP contribution < -0.4 is 0 Å². The van der Waals surface area contributed by atoms with Crippen LogP contribution in [0.5, 0.6) is 0 Å². The van der Waals surface area contributed by atoms with Crippen molar-refractivity contribution in [1.29, 1.82) is 0 Å². The Kier molecular flexibility index (Phi) is 4.57. The largest absolute Gasteiger partial charge is 0.480 e. The van der Waals surface area contributed by atoms with Gasteiger partial charge in [-0.25, -0.2) is 9.59 Å². The monoisotopic (exact) mass is 278 g/mol. The fourth-order valence-electron chi connectivity index (χ4n) is 2.15. The molecule has 1 N–H and O–H groups in total. The molecule has 0 bridgehead atoms. The Morgan fingerprint density at radius 1 is 1.30 bits per heavy atom. The van der Waals surface area contributed by atoms with E-state index in [2.05, 4.69) is 0 Å². The molecule has 0 radical (unpaired) electrons. The van der Waals surface area contributed by atoms with Crippen molar-refractivity contribution in [2.75, 3.05) is 26.7 Å². The first-order valence-corrected chi connectivity index (χ1v) is 6.46. The summed E-state index contributed by atoms with van der Waals surface area (Å²) in [5.41, 5.74) is 0.877. The fraction of sp³-hybridized carbons (Fsp3) is 0.429. The lowest BCUT2D eigenvalue weighted by Gasteiger charge is -2.36. The van der Waals surface area contributed by atoms with E-state index in [1.165, 1.54) is 4.90 Å². The highest BCUT2D eigenvalue weighted by Crippen LogP contribution is 2.12. The standard InChI is InChI=1S/C14H18N2O4/c1-15-7-8-16(12(9-15)13(17)18)14(19)20-10-11-5-3-2-4-6-11/h2-6,12H,7-10H2,1H3,(H,17,18). The molecule has 1 aliphatic rings. The number of amides is 1. The molecule has 0 spiro atoms. The zero-order valence-electron chi connectivity index (χ0n) is 11.4. The molecule has 20 heavy (non-hydrogen) atoms. The zero-order valence-corrected chi connectivity index (χ0v) is 11.4. The molecule has 108 valence electrons. The number of hydrogen-bond donors (Lipinski definition) is 1. The van der Waals surface area contributed by atoms with Crippen LogP contribution in [-0.2, 0) is 16.1 Å². The van der Waals surface area contributed by atoms with Crippen molar-refractivity contribution in [3.63, 3.8) is 0 Å². The molecule has 1 aliphatic heterocycles. The summed E-state index contributed by atoms with van der Waals surface area (Å²) in [4.78, 5) is 26.4. The molecule has 6 heteroatoms. The van der Waals surface area contributed by atoms with Crippen LogP contribution in [0.2, 0.25) is 0 Å². The average Bonchev–Trinajstić information content (AvgIpc) is 2.45. The van der Waals surface area contributed by atoms with Gasteiger partial charge in [0.25, 0.3) is 0 Å². The molecule has 0 aliphatic carbocycles. The number of rotatable bonds is 3. The number of ether oxygens (including phenoxy) is 1. The van der Waals surface area contributed by atoms with Crippen molar-refractivity contribution in [3.8, 4) is 0 Å². The summed E-state index contributed by atoms with van der Waals surface area (Å²) in [6, 6.07) is 8.46. The molecule has 1 aromatic rings. The normalized spacial score (nSPS) is 19.6. The van der Waals surface area contributed by atoms with E-state index in [4.69, 9.17) is 4.74 Å². The van der Waals surface area contributed by atoms with Crippen molar-refractivity contribution >= 4 is 12.1 Å². The van der Waals surface area contributed by atoms with Gasteiger partial charge in [-0.2, -0.15) is 0 Å². The maximum Gasteiger partial charge on any atom is 0.410 e. The molecule has 1 aromatic carbocycles. The van der Waals surface area contributed by atoms with Crippen molar-refractivity contribution in [1.82, 2.24) is 9.80 Å². The van der Waals surface area contributed by atoms with E-state index >= 15 is 0 Å². The van der Waals surface area contributed by atoms with Crippen LogP contribution in [0.25, 0.3) is 0 Å². The van der Waals surface area contributed by atoms with Gasteiger partial charge in [-0.1, -0.05) is 30.3 Å². The number of carboxylic acids is 1. The molecule has 6 nitrogen and oxygen atoms in total. The van der Waals surface area contributed by atoms with Gasteiger partial charge < -0.3 is 14.7 Å². The van der Waals surface area contributed by atoms with Crippen LogP contribution >= 0.6 is 0 Å². The first-order chi connectivity index (χ1) is 9.58. The third-order valence-corrected chi connectivity index (χ3v) is 3.31. The highest BCUT2D eigenvalue weighted by atomic mass is 16.6. The summed E-state index contributed by atoms with van der Waals surface area (Å²) < 4.78 is 5.19. The second-order valence-electron chi connectivity index (χ2n) is 4.85. The molecule has 1 heterocycles. The minimum Gasteiger partial charge on any atom is -0.480 e. The SMILES string of the molecule is CN1CCN(C(=O)OCc2ccccc2)C(C(=O)O)C1. The van der Waals surface area contributed by atoms with Crippen LogP contribution in [0.4, 0.5) is 4.79 Å². The Morgan fingerprint density at radius 3 is 2.65 bits per heavy atom. The Bertz CT molecular complexity index is 477. The molecular weight excluding hydrogens is 260 g/mol. The van der Waals surface area contributed by atoms with Gasteiger partial charge in [-0.15, -0.1) is 0 Å². The van der Waals surface area contributed by atoms with E-state index in [0.29, 0.717) is 19.6 Å². The summed E-state index contributed by atoms with van der Waals surface area (Å²) in [6.07, 6.45) is -0.575. The first kappa shape index (κ1) is 14.3. The summed E-state index contributed by atoms with van der Waals surface area (Å²) in [5, 5.41) is 9.18. The van der Waals surface area contributed by atoms with E-state index in [1.807, 2.05) is 42.3 Å². The molecule has 0 saturated carbocycles. The van der Waals surface area contributed by atoms with Crippen molar-refractivity contribution in [2.24, 2.45) is 0 Å². The number of likely N-dealkylation sites (N-methyl/N-ethyl adjacent to an activating group) is 1. The van der Waals surface area contributed by atoms with Gasteiger partial charge in [0, 0.05) is 19.6 Å². The van der Waals surface area contributed by atoms with Crippen LogP contribution in [-0.4, -0.2) is 59.7 Å². The first-order valence-electron chi connectivity index (χ1n) is 6.46. The summed E-state index contributed by atoms with van der Waals surface area (Å²) in [5.74, 6) is -1.01. The van der Waals surface area contributed by atoms with Gasteiger partial charge in [-0.05, 0) is 12.6 Å². The highest BCUT2D eigenvalue weighted by molar-refractivity contribution is 5.80. The molecule has 1 unspecified atom stereocenters. The maximum atomic E-state index is 12.0. The number of benzene rings is 1. The minimum atomic E-state index is -1.01. The van der Waals surface area contributed by atoms with Gasteiger partial charge >= 0.3 is 12.1 Å². The average molecular weight is 278 g/mol. The Labute approximate surface area is 117 Å². The van der Waals surface area contributed by atoms with Gasteiger partial charge in [0.2, 0.25) is 0 Å². The predicted molar refractivity (Wildman–Crippen MR) is 72.3 cm³/mol. The molecular formula is C14H18N2O4. The third-order valence-electron chi connectivity index (χ3n) is 3.31. The van der Waals surface area contributed by atoms with E-state index in [0.717, 1.165) is 5.56 Å². The third kappa shape index (κ3) is 3.48. The number of carbonyl (C=O) groups excluding carboxylic acids is 1. The summed E-state index contributed by atoms with van der Waals surface area (Å²) in [7, 11) is 1.84. The smallest absolute Gasteiger partial charge is 0.410 e. The molecule has 1 amide bonds. The predicted octanol–water partition coefficient (Wildman–Crippen LogP) is 1.02. The molecule has 1 saturated heterocycles. The molecule has 0 aromatic heterocycles. The van der Waals surface area contributed by atoms with Crippen LogP contribution in [0.1, 0.15) is 5.56 Å². The lowest BCUT2D eigenvalue weighted by Crippen LogP contribution is -2.57. The lowest BCUT2D eigenvalue weighted by molar-refractivity contribution is -0.144. The summed E-state index contributed by atoms with van der Waals surface area (Å²) >= 11 is 0. The van der Waals surface area contributed by atoms with Crippen molar-refractivity contribution in [2.45, 2.75) is 12.6 Å². The number of nitrogens with zero attached hydrogens (tertiary/aromatic N) is 2. The fourth-order valence-corrected chi connectivity index (χ4v) is 2.15.